The highest BCUT2D eigenvalue weighted by molar-refractivity contribution is 6.30. The number of Topliss-reactive ketones (excluding diaryl/α,β-unsaturated/α-hetero) is 1. The lowest BCUT2D eigenvalue weighted by atomic mass is 9.95. The number of nitrogens with one attached hydrogen (secondary N) is 3. The van der Waals surface area contributed by atoms with E-state index in [-0.39, 0.29) is 24.9 Å². The van der Waals surface area contributed by atoms with Crippen molar-refractivity contribution in [1.82, 2.24) is 16.0 Å². The Morgan fingerprint density at radius 1 is 0.975 bits per heavy atom. The maximum absolute atomic E-state index is 13.3. The maximum atomic E-state index is 13.3. The van der Waals surface area contributed by atoms with E-state index in [1.54, 1.807) is 36.4 Å². The second-order valence-corrected chi connectivity index (χ2v) is 10.9. The van der Waals surface area contributed by atoms with Gasteiger partial charge in [-0.3, -0.25) is 14.4 Å². The third-order valence-electron chi connectivity index (χ3n) is 6.58. The first-order chi connectivity index (χ1) is 19.2. The van der Waals surface area contributed by atoms with Crippen molar-refractivity contribution < 1.29 is 28.7 Å². The van der Waals surface area contributed by atoms with Crippen molar-refractivity contribution in [3.8, 4) is 0 Å². The molecule has 216 valence electrons. The molecule has 0 unspecified atom stereocenters. The molecule has 0 spiro atoms. The molecule has 9 nitrogen and oxygen atoms in total. The van der Waals surface area contributed by atoms with Gasteiger partial charge in [-0.1, -0.05) is 67.9 Å². The summed E-state index contributed by atoms with van der Waals surface area (Å²) < 4.78 is 10.5. The van der Waals surface area contributed by atoms with Crippen LogP contribution in [0.1, 0.15) is 44.2 Å². The van der Waals surface area contributed by atoms with Crippen LogP contribution in [0.25, 0.3) is 0 Å². The van der Waals surface area contributed by atoms with Gasteiger partial charge in [0.2, 0.25) is 5.91 Å². The number of esters is 1. The molecule has 40 heavy (non-hydrogen) atoms. The van der Waals surface area contributed by atoms with Crippen LogP contribution in [-0.2, 0) is 36.9 Å². The van der Waals surface area contributed by atoms with Crippen LogP contribution in [0.5, 0.6) is 0 Å². The normalized spacial score (nSPS) is 16.1. The average molecular weight is 572 g/mol. The predicted octanol–water partition coefficient (Wildman–Crippen LogP) is 3.82. The van der Waals surface area contributed by atoms with Gasteiger partial charge in [0.15, 0.2) is 12.4 Å². The van der Waals surface area contributed by atoms with Crippen LogP contribution in [0.3, 0.4) is 0 Å². The Balaban J connectivity index is 1.60. The summed E-state index contributed by atoms with van der Waals surface area (Å²) in [5.41, 5.74) is 1.50. The first-order valence-electron chi connectivity index (χ1n) is 13.6. The summed E-state index contributed by atoms with van der Waals surface area (Å²) in [5, 5.41) is 9.23. The number of halogens is 1. The van der Waals surface area contributed by atoms with Crippen molar-refractivity contribution in [3.05, 3.63) is 70.7 Å². The molecule has 2 aromatic carbocycles. The SMILES string of the molecule is CC(C)C[C@H](NC(=O)OCc1cccc(Cl)c1)C(=O)N[C@@H](C[C@@H]1CCNC1)C(=O)COC(=O)Cc1ccccc1. The molecule has 1 aliphatic rings. The molecule has 0 saturated carbocycles. The minimum absolute atomic E-state index is 0.00739. The summed E-state index contributed by atoms with van der Waals surface area (Å²) in [7, 11) is 0. The van der Waals surface area contributed by atoms with Crippen LogP contribution >= 0.6 is 11.6 Å². The monoisotopic (exact) mass is 571 g/mol. The largest absolute Gasteiger partial charge is 0.457 e. The summed E-state index contributed by atoms with van der Waals surface area (Å²) >= 11 is 5.99. The Hall–Kier alpha value is -3.43. The molecule has 0 aromatic heterocycles. The molecule has 1 fully saturated rings. The highest BCUT2D eigenvalue weighted by Crippen LogP contribution is 2.17. The third kappa shape index (κ3) is 11.0. The predicted molar refractivity (Wildman–Crippen MR) is 152 cm³/mol. The third-order valence-corrected chi connectivity index (χ3v) is 6.81. The van der Waals surface area contributed by atoms with Gasteiger partial charge in [-0.25, -0.2) is 4.79 Å². The summed E-state index contributed by atoms with van der Waals surface area (Å²) in [6.45, 7) is 4.97. The first kappa shape index (κ1) is 31.1. The molecule has 3 atom stereocenters. The van der Waals surface area contributed by atoms with E-state index in [1.165, 1.54) is 0 Å². The zero-order chi connectivity index (χ0) is 28.9. The van der Waals surface area contributed by atoms with Crippen molar-refractivity contribution in [2.75, 3.05) is 19.7 Å². The molecular weight excluding hydrogens is 534 g/mol. The molecule has 3 N–H and O–H groups in total. The Labute approximate surface area is 240 Å². The maximum Gasteiger partial charge on any atom is 0.408 e. The number of ketones is 1. The van der Waals surface area contributed by atoms with Gasteiger partial charge in [0.05, 0.1) is 12.5 Å². The fourth-order valence-electron chi connectivity index (χ4n) is 4.52. The highest BCUT2D eigenvalue weighted by Gasteiger charge is 2.31. The highest BCUT2D eigenvalue weighted by atomic mass is 35.5. The van der Waals surface area contributed by atoms with Gasteiger partial charge in [0.25, 0.3) is 0 Å². The first-order valence-corrected chi connectivity index (χ1v) is 14.0. The number of alkyl carbamates (subject to hydrolysis) is 1. The van der Waals surface area contributed by atoms with Crippen molar-refractivity contribution in [3.63, 3.8) is 0 Å². The molecule has 1 saturated heterocycles. The van der Waals surface area contributed by atoms with Crippen LogP contribution in [0.4, 0.5) is 4.79 Å². The lowest BCUT2D eigenvalue weighted by Gasteiger charge is -2.25. The minimum atomic E-state index is -0.913. The second-order valence-electron chi connectivity index (χ2n) is 10.5. The molecular formula is C30H38ClN3O6. The van der Waals surface area contributed by atoms with E-state index in [1.807, 2.05) is 32.0 Å². The summed E-state index contributed by atoms with van der Waals surface area (Å²) in [5.74, 6) is -1.14. The van der Waals surface area contributed by atoms with Gasteiger partial charge >= 0.3 is 12.1 Å². The number of benzene rings is 2. The average Bonchev–Trinajstić information content (AvgIpc) is 3.43. The Kier molecular flexibility index (Phi) is 12.4. The second kappa shape index (κ2) is 16.0. The number of hydrogen-bond donors (Lipinski definition) is 3. The Morgan fingerprint density at radius 3 is 2.40 bits per heavy atom. The van der Waals surface area contributed by atoms with Gasteiger partial charge in [0.1, 0.15) is 12.6 Å². The number of rotatable bonds is 14. The molecule has 1 aliphatic heterocycles. The van der Waals surface area contributed by atoms with Crippen LogP contribution in [0, 0.1) is 11.8 Å². The van der Waals surface area contributed by atoms with E-state index in [9.17, 15) is 19.2 Å². The fraction of sp³-hybridized carbons (Fsp3) is 0.467. The smallest absolute Gasteiger partial charge is 0.408 e. The molecule has 0 radical (unpaired) electrons. The van der Waals surface area contributed by atoms with Crippen LogP contribution in [0.2, 0.25) is 5.02 Å². The molecule has 3 rings (SSSR count). The molecule has 10 heteroatoms. The van der Waals surface area contributed by atoms with Crippen molar-refractivity contribution >= 4 is 35.4 Å². The number of carbonyl (C=O) groups is 4. The molecule has 0 bridgehead atoms. The van der Waals surface area contributed by atoms with Crippen molar-refractivity contribution in [2.24, 2.45) is 11.8 Å². The topological polar surface area (TPSA) is 123 Å². The number of amides is 2. The number of carbonyl (C=O) groups excluding carboxylic acids is 4. The standard InChI is InChI=1S/C30H38ClN3O6/c1-20(2)13-26(34-30(38)40-18-23-9-6-10-24(31)14-23)29(37)33-25(15-22-11-12-32-17-22)27(35)19-39-28(36)16-21-7-4-3-5-8-21/h3-10,14,20,22,25-26,32H,11-13,15-19H2,1-2H3,(H,33,37)(H,34,38)/t22-,25-,26-/m0/s1. The van der Waals surface area contributed by atoms with Gasteiger partial charge < -0.3 is 25.4 Å². The van der Waals surface area contributed by atoms with E-state index in [4.69, 9.17) is 21.1 Å². The Bertz CT molecular complexity index is 1140. The summed E-state index contributed by atoms with van der Waals surface area (Å²) in [6, 6.07) is 14.3. The molecule has 2 amide bonds. The van der Waals surface area contributed by atoms with Crippen molar-refractivity contribution in [2.45, 2.75) is 58.2 Å². The van der Waals surface area contributed by atoms with Crippen LogP contribution < -0.4 is 16.0 Å². The van der Waals surface area contributed by atoms with E-state index in [0.29, 0.717) is 23.4 Å². The molecule has 0 aliphatic carbocycles. The van der Waals surface area contributed by atoms with E-state index >= 15 is 0 Å². The zero-order valence-corrected chi connectivity index (χ0v) is 23.7. The minimum Gasteiger partial charge on any atom is -0.457 e. The summed E-state index contributed by atoms with van der Waals surface area (Å²) in [6.07, 6.45) is 0.919. The quantitative estimate of drug-likeness (QED) is 0.295. The number of ether oxygens (including phenoxy) is 2. The number of hydrogen-bond acceptors (Lipinski definition) is 7. The Morgan fingerprint density at radius 2 is 1.73 bits per heavy atom. The van der Waals surface area contributed by atoms with Gasteiger partial charge in [-0.15, -0.1) is 0 Å². The lowest BCUT2D eigenvalue weighted by molar-refractivity contribution is -0.148. The van der Waals surface area contributed by atoms with Crippen molar-refractivity contribution in [1.29, 1.82) is 0 Å². The zero-order valence-electron chi connectivity index (χ0n) is 23.0. The molecule has 1 heterocycles. The van der Waals surface area contributed by atoms with Gasteiger partial charge in [0, 0.05) is 5.02 Å². The van der Waals surface area contributed by atoms with E-state index < -0.39 is 42.4 Å². The van der Waals surface area contributed by atoms with Crippen LogP contribution in [-0.4, -0.2) is 55.5 Å². The van der Waals surface area contributed by atoms with Crippen LogP contribution in [0.15, 0.2) is 54.6 Å². The fourth-order valence-corrected chi connectivity index (χ4v) is 4.73. The lowest BCUT2D eigenvalue weighted by Crippen LogP contribution is -2.53. The summed E-state index contributed by atoms with van der Waals surface area (Å²) in [4.78, 5) is 51.3. The molecule has 2 aromatic rings. The van der Waals surface area contributed by atoms with E-state index in [0.717, 1.165) is 25.1 Å². The van der Waals surface area contributed by atoms with E-state index in [2.05, 4.69) is 16.0 Å². The van der Waals surface area contributed by atoms with Gasteiger partial charge in [-0.05, 0) is 67.4 Å². The van der Waals surface area contributed by atoms with Gasteiger partial charge in [-0.2, -0.15) is 0 Å².